The zero-order chi connectivity index (χ0) is 21.8. The maximum Gasteiger partial charge on any atom is 0.296 e. The zero-order valence-corrected chi connectivity index (χ0v) is 20.3. The van der Waals surface area contributed by atoms with Crippen molar-refractivity contribution in [2.75, 3.05) is 6.61 Å². The average molecular weight is 439 g/mol. The molecule has 30 heavy (non-hydrogen) atoms. The van der Waals surface area contributed by atoms with Gasteiger partial charge in [0.25, 0.3) is 10.1 Å². The summed E-state index contributed by atoms with van der Waals surface area (Å²) in [6, 6.07) is 8.38. The Balaban J connectivity index is 1.79. The fourth-order valence-electron chi connectivity index (χ4n) is 3.83. The van der Waals surface area contributed by atoms with Crippen molar-refractivity contribution >= 4 is 10.1 Å². The van der Waals surface area contributed by atoms with Crippen LogP contribution in [-0.2, 0) is 14.3 Å². The Kier molecular flexibility index (Phi) is 17.1. The summed E-state index contributed by atoms with van der Waals surface area (Å²) in [5.74, 6) is 0. The number of hydrogen-bond donors (Lipinski definition) is 0. The van der Waals surface area contributed by atoms with Gasteiger partial charge < -0.3 is 0 Å². The SMILES string of the molecule is CCCCCCCCCCCCCCCCCCCCOS(=O)(=O)c1ccccc1. The Morgan fingerprint density at radius 1 is 0.567 bits per heavy atom. The average Bonchev–Trinajstić information content (AvgIpc) is 2.76. The van der Waals surface area contributed by atoms with Gasteiger partial charge in [0.15, 0.2) is 0 Å². The van der Waals surface area contributed by atoms with Crippen LogP contribution >= 0.6 is 0 Å². The van der Waals surface area contributed by atoms with Gasteiger partial charge in [-0.25, -0.2) is 0 Å². The third-order valence-electron chi connectivity index (χ3n) is 5.77. The van der Waals surface area contributed by atoms with Crippen LogP contribution in [0.5, 0.6) is 0 Å². The first-order valence-corrected chi connectivity index (χ1v) is 14.0. The second-order valence-corrected chi connectivity index (χ2v) is 10.2. The van der Waals surface area contributed by atoms with Gasteiger partial charge in [-0.15, -0.1) is 0 Å². The Bertz CT molecular complexity index is 584. The van der Waals surface area contributed by atoms with Gasteiger partial charge in [0.1, 0.15) is 0 Å². The highest BCUT2D eigenvalue weighted by Gasteiger charge is 2.13. The molecule has 0 aliphatic heterocycles. The lowest BCUT2D eigenvalue weighted by atomic mass is 10.0. The highest BCUT2D eigenvalue weighted by atomic mass is 32.2. The Morgan fingerprint density at radius 2 is 0.933 bits per heavy atom. The van der Waals surface area contributed by atoms with Crippen LogP contribution in [0.1, 0.15) is 122 Å². The quantitative estimate of drug-likeness (QED) is 0.143. The molecule has 0 unspecified atom stereocenters. The summed E-state index contributed by atoms with van der Waals surface area (Å²) in [6.07, 6.45) is 23.9. The first-order chi connectivity index (χ1) is 14.7. The highest BCUT2D eigenvalue weighted by molar-refractivity contribution is 7.86. The molecule has 0 aromatic heterocycles. The van der Waals surface area contributed by atoms with Crippen LogP contribution in [0.25, 0.3) is 0 Å². The molecule has 4 heteroatoms. The molecule has 0 spiro atoms. The third-order valence-corrected chi connectivity index (χ3v) is 7.09. The van der Waals surface area contributed by atoms with Crippen molar-refractivity contribution in [1.82, 2.24) is 0 Å². The molecule has 0 amide bonds. The lowest BCUT2D eigenvalue weighted by molar-refractivity contribution is 0.306. The van der Waals surface area contributed by atoms with Crippen LogP contribution in [-0.4, -0.2) is 15.0 Å². The van der Waals surface area contributed by atoms with Gasteiger partial charge in [0, 0.05) is 0 Å². The fraction of sp³-hybridized carbons (Fsp3) is 0.769. The summed E-state index contributed by atoms with van der Waals surface area (Å²) in [6.45, 7) is 2.57. The summed E-state index contributed by atoms with van der Waals surface area (Å²) in [7, 11) is -3.58. The summed E-state index contributed by atoms with van der Waals surface area (Å²) in [4.78, 5) is 0.243. The molecule has 1 aromatic carbocycles. The van der Waals surface area contributed by atoms with Crippen molar-refractivity contribution < 1.29 is 12.6 Å². The van der Waals surface area contributed by atoms with Crippen LogP contribution in [0.4, 0.5) is 0 Å². The van der Waals surface area contributed by atoms with E-state index in [4.69, 9.17) is 4.18 Å². The Labute approximate surface area is 187 Å². The normalized spacial score (nSPS) is 11.8. The molecule has 1 aromatic rings. The molecule has 0 fully saturated rings. The number of rotatable bonds is 21. The molecule has 0 saturated heterocycles. The topological polar surface area (TPSA) is 43.4 Å². The van der Waals surface area contributed by atoms with Crippen molar-refractivity contribution in [3.8, 4) is 0 Å². The molecule has 0 radical (unpaired) electrons. The van der Waals surface area contributed by atoms with E-state index in [2.05, 4.69) is 6.92 Å². The minimum Gasteiger partial charge on any atom is -0.266 e. The summed E-state index contributed by atoms with van der Waals surface area (Å²) < 4.78 is 29.1. The van der Waals surface area contributed by atoms with E-state index in [0.29, 0.717) is 0 Å². The molecule has 0 aliphatic rings. The van der Waals surface area contributed by atoms with E-state index in [1.807, 2.05) is 0 Å². The van der Waals surface area contributed by atoms with Crippen molar-refractivity contribution in [2.24, 2.45) is 0 Å². The van der Waals surface area contributed by atoms with E-state index in [-0.39, 0.29) is 11.5 Å². The molecule has 0 saturated carbocycles. The van der Waals surface area contributed by atoms with Gasteiger partial charge >= 0.3 is 0 Å². The zero-order valence-electron chi connectivity index (χ0n) is 19.5. The second kappa shape index (κ2) is 18.9. The van der Waals surface area contributed by atoms with E-state index >= 15 is 0 Å². The molecule has 0 N–H and O–H groups in total. The van der Waals surface area contributed by atoms with Crippen molar-refractivity contribution in [2.45, 2.75) is 127 Å². The maximum atomic E-state index is 12.0. The smallest absolute Gasteiger partial charge is 0.266 e. The van der Waals surface area contributed by atoms with E-state index in [1.54, 1.807) is 30.3 Å². The monoisotopic (exact) mass is 438 g/mol. The first-order valence-electron chi connectivity index (χ1n) is 12.6. The van der Waals surface area contributed by atoms with Gasteiger partial charge in [-0.05, 0) is 18.6 Å². The lowest BCUT2D eigenvalue weighted by Crippen LogP contribution is -2.07. The molecule has 0 bridgehead atoms. The third kappa shape index (κ3) is 15.0. The molecule has 0 atom stereocenters. The molecular weight excluding hydrogens is 392 g/mol. The summed E-state index contributed by atoms with van der Waals surface area (Å²) >= 11 is 0. The van der Waals surface area contributed by atoms with Crippen molar-refractivity contribution in [3.63, 3.8) is 0 Å². The predicted octanol–water partition coefficient (Wildman–Crippen LogP) is 8.43. The van der Waals surface area contributed by atoms with Crippen molar-refractivity contribution in [1.29, 1.82) is 0 Å². The van der Waals surface area contributed by atoms with E-state index in [1.165, 1.54) is 103 Å². The highest BCUT2D eigenvalue weighted by Crippen LogP contribution is 2.15. The number of benzene rings is 1. The number of hydrogen-bond acceptors (Lipinski definition) is 3. The van der Waals surface area contributed by atoms with Crippen LogP contribution < -0.4 is 0 Å². The van der Waals surface area contributed by atoms with Gasteiger partial charge in [-0.1, -0.05) is 134 Å². The molecular formula is C26H46O3S. The van der Waals surface area contributed by atoms with Crippen LogP contribution in [0.15, 0.2) is 35.2 Å². The fourth-order valence-corrected chi connectivity index (χ4v) is 4.79. The second-order valence-electron chi connectivity index (χ2n) is 8.60. The molecule has 3 nitrogen and oxygen atoms in total. The van der Waals surface area contributed by atoms with E-state index in [9.17, 15) is 8.42 Å². The molecule has 0 heterocycles. The summed E-state index contributed by atoms with van der Waals surface area (Å²) in [5, 5.41) is 0. The maximum absolute atomic E-state index is 12.0. The molecule has 0 aliphatic carbocycles. The van der Waals surface area contributed by atoms with Gasteiger partial charge in [0.2, 0.25) is 0 Å². The van der Waals surface area contributed by atoms with Crippen LogP contribution in [0.3, 0.4) is 0 Å². The van der Waals surface area contributed by atoms with Gasteiger partial charge in [-0.2, -0.15) is 8.42 Å². The first kappa shape index (κ1) is 27.2. The van der Waals surface area contributed by atoms with Crippen LogP contribution in [0, 0.1) is 0 Å². The summed E-state index contributed by atoms with van der Waals surface area (Å²) in [5.41, 5.74) is 0. The standard InChI is InChI=1S/C26H46O3S/c1-2-3-4-5-6-7-8-9-10-11-12-13-14-15-16-17-18-22-25-29-30(27,28)26-23-20-19-21-24-26/h19-21,23-24H,2-18,22,25H2,1H3. The van der Waals surface area contributed by atoms with Gasteiger partial charge in [0.05, 0.1) is 11.5 Å². The van der Waals surface area contributed by atoms with Crippen molar-refractivity contribution in [3.05, 3.63) is 30.3 Å². The lowest BCUT2D eigenvalue weighted by Gasteiger charge is -2.06. The molecule has 1 rings (SSSR count). The Hall–Kier alpha value is -0.870. The predicted molar refractivity (Wildman–Crippen MR) is 128 cm³/mol. The largest absolute Gasteiger partial charge is 0.296 e. The van der Waals surface area contributed by atoms with E-state index < -0.39 is 10.1 Å². The minimum atomic E-state index is -3.58. The minimum absolute atomic E-state index is 0.243. The van der Waals surface area contributed by atoms with Crippen LogP contribution in [0.2, 0.25) is 0 Å². The molecule has 174 valence electrons. The van der Waals surface area contributed by atoms with E-state index in [0.717, 1.165) is 12.8 Å². The Morgan fingerprint density at radius 3 is 1.33 bits per heavy atom. The van der Waals surface area contributed by atoms with Gasteiger partial charge in [-0.3, -0.25) is 4.18 Å². The number of unbranched alkanes of at least 4 members (excludes halogenated alkanes) is 17.